The second-order valence-electron chi connectivity index (χ2n) is 4.17. The van der Waals surface area contributed by atoms with Gasteiger partial charge in [-0.05, 0) is 37.1 Å². The molecule has 2 nitrogen and oxygen atoms in total. The molecule has 4 N–H and O–H groups in total. The van der Waals surface area contributed by atoms with Gasteiger partial charge in [-0.1, -0.05) is 29.8 Å². The molecule has 0 aliphatic carbocycles. The van der Waals surface area contributed by atoms with Gasteiger partial charge in [0.2, 0.25) is 0 Å². The van der Waals surface area contributed by atoms with Gasteiger partial charge in [-0.15, -0.1) is 0 Å². The first-order valence-electron chi connectivity index (χ1n) is 5.30. The summed E-state index contributed by atoms with van der Waals surface area (Å²) in [5.74, 6) is 0. The molecule has 2 aromatic rings. The highest BCUT2D eigenvalue weighted by molar-refractivity contribution is 5.82. The van der Waals surface area contributed by atoms with E-state index in [4.69, 9.17) is 11.5 Å². The molecule has 0 heterocycles. The molecule has 0 aliphatic heterocycles. The van der Waals surface area contributed by atoms with Gasteiger partial charge in [0.25, 0.3) is 0 Å². The fourth-order valence-corrected chi connectivity index (χ4v) is 2.04. The molecule has 0 unspecified atom stereocenters. The molecule has 0 radical (unpaired) electrons. The largest absolute Gasteiger partial charge is 0.399 e. The third kappa shape index (κ3) is 1.87. The van der Waals surface area contributed by atoms with Crippen LogP contribution in [0.4, 0.5) is 11.4 Å². The van der Waals surface area contributed by atoms with Crippen molar-refractivity contribution < 1.29 is 0 Å². The van der Waals surface area contributed by atoms with Crippen molar-refractivity contribution in [3.8, 4) is 11.1 Å². The molecule has 0 saturated carbocycles. The monoisotopic (exact) mass is 212 g/mol. The van der Waals surface area contributed by atoms with E-state index >= 15 is 0 Å². The van der Waals surface area contributed by atoms with Crippen LogP contribution in [0.2, 0.25) is 0 Å². The number of rotatable bonds is 1. The molecular weight excluding hydrogens is 196 g/mol. The van der Waals surface area contributed by atoms with E-state index in [1.54, 1.807) is 0 Å². The Morgan fingerprint density at radius 2 is 1.69 bits per heavy atom. The number of benzene rings is 2. The van der Waals surface area contributed by atoms with Gasteiger partial charge in [0.05, 0.1) is 0 Å². The summed E-state index contributed by atoms with van der Waals surface area (Å²) in [6, 6.07) is 12.1. The van der Waals surface area contributed by atoms with Crippen molar-refractivity contribution >= 4 is 11.4 Å². The first kappa shape index (κ1) is 10.6. The van der Waals surface area contributed by atoms with Crippen LogP contribution in [0.1, 0.15) is 11.1 Å². The van der Waals surface area contributed by atoms with Gasteiger partial charge >= 0.3 is 0 Å². The molecule has 82 valence electrons. The summed E-state index contributed by atoms with van der Waals surface area (Å²) in [5.41, 5.74) is 17.8. The van der Waals surface area contributed by atoms with E-state index in [0.29, 0.717) is 5.69 Å². The molecule has 0 amide bonds. The van der Waals surface area contributed by atoms with E-state index in [2.05, 4.69) is 25.1 Å². The van der Waals surface area contributed by atoms with Crippen LogP contribution in [-0.2, 0) is 0 Å². The van der Waals surface area contributed by atoms with Crippen LogP contribution >= 0.6 is 0 Å². The summed E-state index contributed by atoms with van der Waals surface area (Å²) in [4.78, 5) is 0. The van der Waals surface area contributed by atoms with Crippen molar-refractivity contribution in [2.75, 3.05) is 11.5 Å². The van der Waals surface area contributed by atoms with Crippen LogP contribution in [0.25, 0.3) is 11.1 Å². The minimum atomic E-state index is 0.714. The van der Waals surface area contributed by atoms with Gasteiger partial charge < -0.3 is 11.5 Å². The Morgan fingerprint density at radius 3 is 2.31 bits per heavy atom. The maximum Gasteiger partial charge on any atom is 0.0417 e. The smallest absolute Gasteiger partial charge is 0.0417 e. The summed E-state index contributed by atoms with van der Waals surface area (Å²) in [6.45, 7) is 4.11. The third-order valence-electron chi connectivity index (χ3n) is 2.70. The quantitative estimate of drug-likeness (QED) is 0.713. The van der Waals surface area contributed by atoms with Gasteiger partial charge in [-0.2, -0.15) is 0 Å². The minimum Gasteiger partial charge on any atom is -0.399 e. The van der Waals surface area contributed by atoms with Crippen molar-refractivity contribution in [1.82, 2.24) is 0 Å². The van der Waals surface area contributed by atoms with Crippen LogP contribution in [0, 0.1) is 13.8 Å². The van der Waals surface area contributed by atoms with Crippen LogP contribution < -0.4 is 11.5 Å². The van der Waals surface area contributed by atoms with E-state index in [9.17, 15) is 0 Å². The third-order valence-corrected chi connectivity index (χ3v) is 2.70. The Labute approximate surface area is 95.9 Å². The minimum absolute atomic E-state index is 0.714. The van der Waals surface area contributed by atoms with Crippen molar-refractivity contribution in [3.05, 3.63) is 47.5 Å². The van der Waals surface area contributed by atoms with Gasteiger partial charge in [-0.3, -0.25) is 0 Å². The molecule has 2 aromatic carbocycles. The van der Waals surface area contributed by atoms with Gasteiger partial charge in [0.1, 0.15) is 0 Å². The Morgan fingerprint density at radius 1 is 0.938 bits per heavy atom. The van der Waals surface area contributed by atoms with Crippen LogP contribution in [0.15, 0.2) is 36.4 Å². The first-order valence-corrected chi connectivity index (χ1v) is 5.30. The van der Waals surface area contributed by atoms with E-state index < -0.39 is 0 Å². The second-order valence-corrected chi connectivity index (χ2v) is 4.17. The van der Waals surface area contributed by atoms with Crippen molar-refractivity contribution in [2.45, 2.75) is 13.8 Å². The van der Waals surface area contributed by atoms with Crippen molar-refractivity contribution in [1.29, 1.82) is 0 Å². The number of anilines is 2. The van der Waals surface area contributed by atoms with E-state index in [1.807, 2.05) is 25.1 Å². The Kier molecular flexibility index (Phi) is 2.57. The van der Waals surface area contributed by atoms with E-state index in [1.165, 1.54) is 5.56 Å². The first-order chi connectivity index (χ1) is 7.58. The maximum atomic E-state index is 6.02. The average molecular weight is 212 g/mol. The van der Waals surface area contributed by atoms with E-state index in [-0.39, 0.29) is 0 Å². The Balaban J connectivity index is 2.64. The lowest BCUT2D eigenvalue weighted by Gasteiger charge is -2.11. The Bertz CT molecular complexity index is 507. The normalized spacial score (nSPS) is 10.4. The lowest BCUT2D eigenvalue weighted by Crippen LogP contribution is -1.96. The van der Waals surface area contributed by atoms with Crippen LogP contribution in [0.5, 0.6) is 0 Å². The van der Waals surface area contributed by atoms with Crippen molar-refractivity contribution in [2.24, 2.45) is 0 Å². The Hall–Kier alpha value is -1.96. The second kappa shape index (κ2) is 3.89. The molecule has 2 rings (SSSR count). The predicted octanol–water partition coefficient (Wildman–Crippen LogP) is 3.13. The molecule has 0 fully saturated rings. The molecule has 0 aromatic heterocycles. The predicted molar refractivity (Wildman–Crippen MR) is 70.2 cm³/mol. The molecule has 0 bridgehead atoms. The van der Waals surface area contributed by atoms with Crippen LogP contribution in [0.3, 0.4) is 0 Å². The summed E-state index contributed by atoms with van der Waals surface area (Å²) in [6.07, 6.45) is 0. The van der Waals surface area contributed by atoms with Crippen molar-refractivity contribution in [3.63, 3.8) is 0 Å². The molecule has 16 heavy (non-hydrogen) atoms. The fraction of sp³-hybridized carbons (Fsp3) is 0.143. The number of nitrogens with two attached hydrogens (primary N) is 2. The number of nitrogen functional groups attached to an aromatic ring is 2. The highest BCUT2D eigenvalue weighted by atomic mass is 14.6. The highest BCUT2D eigenvalue weighted by Gasteiger charge is 2.07. The summed E-state index contributed by atoms with van der Waals surface area (Å²) in [7, 11) is 0. The molecular formula is C14H16N2. The zero-order chi connectivity index (χ0) is 11.7. The zero-order valence-corrected chi connectivity index (χ0v) is 9.62. The van der Waals surface area contributed by atoms with Gasteiger partial charge in [-0.25, -0.2) is 0 Å². The molecule has 0 saturated heterocycles. The number of hydrogen-bond acceptors (Lipinski definition) is 2. The standard InChI is InChI=1S/C14H16N2/c1-9-4-3-5-11(6-9)14-10(2)7-12(15)8-13(14)16/h3-8H,15-16H2,1-2H3. The lowest BCUT2D eigenvalue weighted by molar-refractivity contribution is 1.43. The maximum absolute atomic E-state index is 6.02. The molecule has 2 heteroatoms. The molecule has 0 atom stereocenters. The van der Waals surface area contributed by atoms with Gasteiger partial charge in [0.15, 0.2) is 0 Å². The average Bonchev–Trinajstić information content (AvgIpc) is 2.15. The molecule has 0 spiro atoms. The number of aryl methyl sites for hydroxylation is 2. The summed E-state index contributed by atoms with van der Waals surface area (Å²) < 4.78 is 0. The van der Waals surface area contributed by atoms with E-state index in [0.717, 1.165) is 22.4 Å². The summed E-state index contributed by atoms with van der Waals surface area (Å²) in [5, 5.41) is 0. The summed E-state index contributed by atoms with van der Waals surface area (Å²) >= 11 is 0. The fourth-order valence-electron chi connectivity index (χ4n) is 2.04. The zero-order valence-electron chi connectivity index (χ0n) is 9.62. The SMILES string of the molecule is Cc1cccc(-c2c(C)cc(N)cc2N)c1. The van der Waals surface area contributed by atoms with Gasteiger partial charge in [0, 0.05) is 16.9 Å². The number of hydrogen-bond donors (Lipinski definition) is 2. The lowest BCUT2D eigenvalue weighted by atomic mass is 9.97. The highest BCUT2D eigenvalue weighted by Crippen LogP contribution is 2.31. The topological polar surface area (TPSA) is 52.0 Å². The molecule has 0 aliphatic rings. The van der Waals surface area contributed by atoms with Crippen LogP contribution in [-0.4, -0.2) is 0 Å².